The minimum atomic E-state index is -4.04. The van der Waals surface area contributed by atoms with Crippen molar-refractivity contribution in [2.24, 2.45) is 0 Å². The predicted octanol–water partition coefficient (Wildman–Crippen LogP) is 1.22. The van der Waals surface area contributed by atoms with E-state index in [0.717, 1.165) is 17.7 Å². The van der Waals surface area contributed by atoms with Gasteiger partial charge in [0, 0.05) is 6.54 Å². The Morgan fingerprint density at radius 2 is 1.94 bits per heavy atom. The molecule has 0 aliphatic carbocycles. The smallest absolute Gasteiger partial charge is 0.241 e. The molecule has 176 valence electrons. The van der Waals surface area contributed by atoms with Crippen LogP contribution in [0.15, 0.2) is 59.5 Å². The molecule has 2 aliphatic rings. The van der Waals surface area contributed by atoms with Gasteiger partial charge in [0.2, 0.25) is 22.7 Å². The third kappa shape index (κ3) is 5.69. The second kappa shape index (κ2) is 9.87. The standard InChI is InChI=1S/C22H23FN2O7S/c23-15-2-1-3-17(9-15)33(28,29)25-18-6-5-16(32-21(18)12-26)10-22(27)24-11-14-4-7-19-20(8-14)31-13-30-19/h1-9,16,18,21,25-26H,10-13H2,(H,24,27)/t16-,18-,21+/m0/s1. The van der Waals surface area contributed by atoms with Crippen molar-refractivity contribution < 1.29 is 36.9 Å². The quantitative estimate of drug-likeness (QED) is 0.488. The average molecular weight is 478 g/mol. The van der Waals surface area contributed by atoms with Gasteiger partial charge >= 0.3 is 0 Å². The molecule has 0 unspecified atom stereocenters. The van der Waals surface area contributed by atoms with E-state index in [1.807, 2.05) is 6.07 Å². The minimum Gasteiger partial charge on any atom is -0.454 e. The van der Waals surface area contributed by atoms with Crippen LogP contribution < -0.4 is 19.5 Å². The molecule has 1 amide bonds. The van der Waals surface area contributed by atoms with Gasteiger partial charge in [0.1, 0.15) is 11.9 Å². The summed E-state index contributed by atoms with van der Waals surface area (Å²) in [5, 5.41) is 12.5. The maximum atomic E-state index is 13.4. The molecular weight excluding hydrogens is 455 g/mol. The van der Waals surface area contributed by atoms with Crippen LogP contribution in [-0.4, -0.2) is 51.1 Å². The molecule has 4 rings (SSSR count). The maximum Gasteiger partial charge on any atom is 0.241 e. The largest absolute Gasteiger partial charge is 0.454 e. The number of aliphatic hydroxyl groups is 1. The van der Waals surface area contributed by atoms with Crippen molar-refractivity contribution in [2.75, 3.05) is 13.4 Å². The number of nitrogens with one attached hydrogen (secondary N) is 2. The molecule has 2 aromatic carbocycles. The Bertz CT molecular complexity index is 1160. The summed E-state index contributed by atoms with van der Waals surface area (Å²) in [5.41, 5.74) is 0.841. The first-order valence-corrected chi connectivity index (χ1v) is 11.7. The van der Waals surface area contributed by atoms with Crippen LogP contribution in [0.3, 0.4) is 0 Å². The summed E-state index contributed by atoms with van der Waals surface area (Å²) < 4.78 is 57.1. The SMILES string of the molecule is O=C(C[C@@H]1C=C[C@H](NS(=O)(=O)c2cccc(F)c2)[C@@H](CO)O1)NCc1ccc2c(c1)OCO2. The Morgan fingerprint density at radius 1 is 1.12 bits per heavy atom. The summed E-state index contributed by atoms with van der Waals surface area (Å²) in [7, 11) is -4.04. The number of fused-ring (bicyclic) bond motifs is 1. The number of hydrogen-bond acceptors (Lipinski definition) is 7. The summed E-state index contributed by atoms with van der Waals surface area (Å²) in [4.78, 5) is 12.1. The van der Waals surface area contributed by atoms with Gasteiger partial charge in [0.05, 0.1) is 30.1 Å². The number of carbonyl (C=O) groups is 1. The first-order chi connectivity index (χ1) is 15.8. The molecule has 0 fully saturated rings. The van der Waals surface area contributed by atoms with Crippen molar-refractivity contribution in [2.45, 2.75) is 36.1 Å². The fraction of sp³-hybridized carbons (Fsp3) is 0.318. The van der Waals surface area contributed by atoms with E-state index in [0.29, 0.717) is 11.5 Å². The van der Waals surface area contributed by atoms with Crippen LogP contribution in [0.25, 0.3) is 0 Å². The summed E-state index contributed by atoms with van der Waals surface area (Å²) in [6.07, 6.45) is 1.52. The lowest BCUT2D eigenvalue weighted by molar-refractivity contribution is -0.125. The van der Waals surface area contributed by atoms with Crippen molar-refractivity contribution in [3.63, 3.8) is 0 Å². The highest BCUT2D eigenvalue weighted by atomic mass is 32.2. The van der Waals surface area contributed by atoms with Gasteiger partial charge in [0.15, 0.2) is 11.5 Å². The molecule has 0 bridgehead atoms. The molecule has 3 atom stereocenters. The fourth-order valence-corrected chi connectivity index (χ4v) is 4.75. The van der Waals surface area contributed by atoms with Gasteiger partial charge in [0.25, 0.3) is 0 Å². The Hall–Kier alpha value is -2.99. The second-order valence-corrected chi connectivity index (χ2v) is 9.27. The van der Waals surface area contributed by atoms with Gasteiger partial charge in [-0.05, 0) is 35.9 Å². The average Bonchev–Trinajstić information content (AvgIpc) is 3.26. The molecule has 2 aromatic rings. The van der Waals surface area contributed by atoms with E-state index in [2.05, 4.69) is 10.0 Å². The highest BCUT2D eigenvalue weighted by molar-refractivity contribution is 7.89. The zero-order valence-electron chi connectivity index (χ0n) is 17.4. The number of hydrogen-bond donors (Lipinski definition) is 3. The highest BCUT2D eigenvalue weighted by Gasteiger charge is 2.31. The number of aliphatic hydroxyl groups excluding tert-OH is 1. The molecule has 0 radical (unpaired) electrons. The third-order valence-corrected chi connectivity index (χ3v) is 6.63. The van der Waals surface area contributed by atoms with E-state index in [4.69, 9.17) is 14.2 Å². The van der Waals surface area contributed by atoms with Gasteiger partial charge in [-0.3, -0.25) is 4.79 Å². The van der Waals surface area contributed by atoms with Crippen molar-refractivity contribution in [3.05, 3.63) is 66.0 Å². The molecule has 2 heterocycles. The van der Waals surface area contributed by atoms with Crippen molar-refractivity contribution in [1.82, 2.24) is 10.0 Å². The number of halogens is 1. The van der Waals surface area contributed by atoms with Crippen molar-refractivity contribution >= 4 is 15.9 Å². The molecule has 3 N–H and O–H groups in total. The Labute approximate surface area is 190 Å². The van der Waals surface area contributed by atoms with Gasteiger partial charge < -0.3 is 24.6 Å². The summed E-state index contributed by atoms with van der Waals surface area (Å²) in [6, 6.07) is 9.10. The monoisotopic (exact) mass is 478 g/mol. The zero-order valence-corrected chi connectivity index (χ0v) is 18.3. The minimum absolute atomic E-state index is 0.0130. The van der Waals surface area contributed by atoms with E-state index < -0.39 is 40.7 Å². The van der Waals surface area contributed by atoms with Crippen molar-refractivity contribution in [1.29, 1.82) is 0 Å². The molecule has 0 spiro atoms. The predicted molar refractivity (Wildman–Crippen MR) is 114 cm³/mol. The van der Waals surface area contributed by atoms with Gasteiger partial charge in [-0.15, -0.1) is 0 Å². The summed E-state index contributed by atoms with van der Waals surface area (Å²) >= 11 is 0. The number of carbonyl (C=O) groups excluding carboxylic acids is 1. The third-order valence-electron chi connectivity index (χ3n) is 5.17. The number of ether oxygens (including phenoxy) is 3. The summed E-state index contributed by atoms with van der Waals surface area (Å²) in [5.74, 6) is 0.318. The van der Waals surface area contributed by atoms with Crippen LogP contribution in [0.1, 0.15) is 12.0 Å². The lowest BCUT2D eigenvalue weighted by atomic mass is 10.1. The molecule has 11 heteroatoms. The van der Waals surface area contributed by atoms with Gasteiger partial charge in [-0.1, -0.05) is 24.3 Å². The molecular formula is C22H23FN2O7S. The van der Waals surface area contributed by atoms with Crippen LogP contribution in [0.2, 0.25) is 0 Å². The zero-order chi connectivity index (χ0) is 23.4. The van der Waals surface area contributed by atoms with E-state index >= 15 is 0 Å². The fourth-order valence-electron chi connectivity index (χ4n) is 3.50. The lowest BCUT2D eigenvalue weighted by Gasteiger charge is -2.31. The first-order valence-electron chi connectivity index (χ1n) is 10.2. The Morgan fingerprint density at radius 3 is 2.73 bits per heavy atom. The number of rotatable bonds is 8. The number of amides is 1. The number of sulfonamides is 1. The molecule has 2 aliphatic heterocycles. The molecule has 0 aromatic heterocycles. The molecule has 33 heavy (non-hydrogen) atoms. The normalized spacial score (nSPS) is 21.7. The van der Waals surface area contributed by atoms with E-state index in [1.54, 1.807) is 18.2 Å². The molecule has 0 saturated carbocycles. The highest BCUT2D eigenvalue weighted by Crippen LogP contribution is 2.32. The van der Waals surface area contributed by atoms with Crippen LogP contribution >= 0.6 is 0 Å². The maximum absolute atomic E-state index is 13.4. The van der Waals surface area contributed by atoms with Crippen LogP contribution in [0.5, 0.6) is 11.5 Å². The van der Waals surface area contributed by atoms with Gasteiger partial charge in [-0.2, -0.15) is 0 Å². The van der Waals surface area contributed by atoms with Crippen molar-refractivity contribution in [3.8, 4) is 11.5 Å². The van der Waals surface area contributed by atoms with Crippen LogP contribution in [0, 0.1) is 5.82 Å². The molecule has 9 nitrogen and oxygen atoms in total. The van der Waals surface area contributed by atoms with E-state index in [9.17, 15) is 22.7 Å². The first kappa shape index (κ1) is 23.2. The lowest BCUT2D eigenvalue weighted by Crippen LogP contribution is -2.49. The van der Waals surface area contributed by atoms with Crippen LogP contribution in [0.4, 0.5) is 4.39 Å². The van der Waals surface area contributed by atoms with Crippen LogP contribution in [-0.2, 0) is 26.1 Å². The second-order valence-electron chi connectivity index (χ2n) is 7.55. The molecule has 0 saturated heterocycles. The summed E-state index contributed by atoms with van der Waals surface area (Å²) in [6.45, 7) is -0.0245. The topological polar surface area (TPSA) is 123 Å². The Balaban J connectivity index is 1.33. The van der Waals surface area contributed by atoms with Gasteiger partial charge in [-0.25, -0.2) is 17.5 Å². The van der Waals surface area contributed by atoms with E-state index in [1.165, 1.54) is 18.2 Å². The van der Waals surface area contributed by atoms with E-state index in [-0.39, 0.29) is 30.6 Å². The number of benzene rings is 2. The Kier molecular flexibility index (Phi) is 6.94.